The average molecular weight is 339 g/mol. The molecule has 0 radical (unpaired) electrons. The third kappa shape index (κ3) is 3.20. The van der Waals surface area contributed by atoms with Crippen LogP contribution in [0.5, 0.6) is 0 Å². The first-order valence-corrected chi connectivity index (χ1v) is 9.56. The van der Waals surface area contributed by atoms with Crippen LogP contribution < -0.4 is 10.6 Å². The molecule has 130 valence electrons. The second-order valence-corrected chi connectivity index (χ2v) is 7.72. The highest BCUT2D eigenvalue weighted by atomic mass is 32.1. The lowest BCUT2D eigenvalue weighted by Crippen LogP contribution is -2.60. The highest BCUT2D eigenvalue weighted by molar-refractivity contribution is 7.80. The van der Waals surface area contributed by atoms with E-state index in [4.69, 9.17) is 12.2 Å². The lowest BCUT2D eigenvalue weighted by molar-refractivity contribution is -0.133. The van der Waals surface area contributed by atoms with Crippen molar-refractivity contribution in [1.29, 1.82) is 0 Å². The molecule has 2 aliphatic heterocycles. The van der Waals surface area contributed by atoms with Gasteiger partial charge in [0.1, 0.15) is 0 Å². The van der Waals surface area contributed by atoms with Crippen LogP contribution in [0.3, 0.4) is 0 Å². The predicted molar refractivity (Wildman–Crippen MR) is 96.1 cm³/mol. The molecule has 3 rings (SSSR count). The average Bonchev–Trinajstić information content (AvgIpc) is 3.32. The first-order valence-electron chi connectivity index (χ1n) is 9.15. The molecule has 3 aliphatic rings. The Morgan fingerprint density at radius 1 is 1.39 bits per heavy atom. The molecule has 23 heavy (non-hydrogen) atoms. The number of nitrogens with zero attached hydrogens (tertiary/aromatic N) is 2. The number of thiocarbonyl (C=S) groups is 1. The van der Waals surface area contributed by atoms with E-state index in [-0.39, 0.29) is 17.6 Å². The Morgan fingerprint density at radius 3 is 2.57 bits per heavy atom. The van der Waals surface area contributed by atoms with Crippen LogP contribution in [0.25, 0.3) is 0 Å². The molecular weight excluding hydrogens is 308 g/mol. The van der Waals surface area contributed by atoms with Crippen LogP contribution in [-0.4, -0.2) is 58.2 Å². The van der Waals surface area contributed by atoms with Gasteiger partial charge >= 0.3 is 0 Å². The first-order chi connectivity index (χ1) is 11.0. The molecule has 2 heterocycles. The van der Waals surface area contributed by atoms with E-state index in [0.29, 0.717) is 12.0 Å². The maximum atomic E-state index is 12.8. The molecule has 0 aromatic heterocycles. The van der Waals surface area contributed by atoms with Crippen LogP contribution in [0.2, 0.25) is 0 Å². The van der Waals surface area contributed by atoms with Crippen LogP contribution >= 0.6 is 12.2 Å². The van der Waals surface area contributed by atoms with Crippen molar-refractivity contribution in [3.63, 3.8) is 0 Å². The molecule has 1 saturated carbocycles. The van der Waals surface area contributed by atoms with Gasteiger partial charge in [-0.05, 0) is 37.9 Å². The summed E-state index contributed by atoms with van der Waals surface area (Å²) in [5.41, 5.74) is -0.161. The summed E-state index contributed by atoms with van der Waals surface area (Å²) in [6.45, 7) is 9.04. The zero-order valence-corrected chi connectivity index (χ0v) is 15.4. The van der Waals surface area contributed by atoms with E-state index in [1.165, 1.54) is 12.8 Å². The number of hydrogen-bond acceptors (Lipinski definition) is 3. The van der Waals surface area contributed by atoms with Crippen molar-refractivity contribution in [1.82, 2.24) is 20.4 Å². The Morgan fingerprint density at radius 2 is 2.04 bits per heavy atom. The summed E-state index contributed by atoms with van der Waals surface area (Å²) in [4.78, 5) is 17.1. The van der Waals surface area contributed by atoms with Gasteiger partial charge in [-0.3, -0.25) is 10.1 Å². The van der Waals surface area contributed by atoms with E-state index < -0.39 is 0 Å². The largest absolute Gasteiger partial charge is 0.360 e. The van der Waals surface area contributed by atoms with Gasteiger partial charge < -0.3 is 15.1 Å². The van der Waals surface area contributed by atoms with E-state index in [9.17, 15) is 4.79 Å². The highest BCUT2D eigenvalue weighted by Gasteiger charge is 2.51. The van der Waals surface area contributed by atoms with E-state index in [1.54, 1.807) is 0 Å². The molecular formula is C17H30N4OS. The van der Waals surface area contributed by atoms with Gasteiger partial charge in [0, 0.05) is 38.5 Å². The smallest absolute Gasteiger partial charge is 0.241 e. The normalized spacial score (nSPS) is 28.3. The van der Waals surface area contributed by atoms with E-state index in [0.717, 1.165) is 44.0 Å². The summed E-state index contributed by atoms with van der Waals surface area (Å²) in [6, 6.07) is 0.578. The zero-order valence-electron chi connectivity index (χ0n) is 14.6. The number of piperidine rings is 1. The monoisotopic (exact) mass is 338 g/mol. The van der Waals surface area contributed by atoms with Crippen molar-refractivity contribution in [2.75, 3.05) is 19.6 Å². The quantitative estimate of drug-likeness (QED) is 0.764. The second kappa shape index (κ2) is 6.55. The van der Waals surface area contributed by atoms with Gasteiger partial charge in [-0.2, -0.15) is 0 Å². The molecule has 0 aromatic rings. The van der Waals surface area contributed by atoms with Gasteiger partial charge in [-0.15, -0.1) is 0 Å². The lowest BCUT2D eigenvalue weighted by atomic mass is 9.95. The molecule has 0 aromatic carbocycles. The summed E-state index contributed by atoms with van der Waals surface area (Å²) in [5.74, 6) is 0.667. The van der Waals surface area contributed by atoms with Gasteiger partial charge in [-0.25, -0.2) is 0 Å². The minimum absolute atomic E-state index is 0.0250. The Bertz CT molecular complexity index is 471. The molecule has 3 fully saturated rings. The Hall–Kier alpha value is -0.880. The molecule has 5 nitrogen and oxygen atoms in total. The fraction of sp³-hybridized carbons (Fsp3) is 0.882. The SMILES string of the molecule is CC[C@H](C)[C@@H]1NC2(CCN(C(=S)NC3CC3)CC2)N(CC)C1=O. The van der Waals surface area contributed by atoms with Crippen LogP contribution in [0.15, 0.2) is 0 Å². The zero-order chi connectivity index (χ0) is 16.6. The van der Waals surface area contributed by atoms with Crippen molar-refractivity contribution < 1.29 is 4.79 Å². The Balaban J connectivity index is 1.65. The van der Waals surface area contributed by atoms with E-state index in [2.05, 4.69) is 41.2 Å². The summed E-state index contributed by atoms with van der Waals surface area (Å²) >= 11 is 5.53. The maximum Gasteiger partial charge on any atom is 0.241 e. The number of rotatable bonds is 4. The van der Waals surface area contributed by atoms with E-state index in [1.807, 2.05) is 0 Å². The van der Waals surface area contributed by atoms with Gasteiger partial charge in [0.05, 0.1) is 11.7 Å². The molecule has 0 bridgehead atoms. The van der Waals surface area contributed by atoms with Crippen molar-refractivity contribution in [3.05, 3.63) is 0 Å². The third-order valence-corrected chi connectivity index (χ3v) is 6.16. The number of nitrogens with one attached hydrogen (secondary N) is 2. The number of likely N-dealkylation sites (tertiary alicyclic amines) is 1. The van der Waals surface area contributed by atoms with Gasteiger partial charge in [0.25, 0.3) is 0 Å². The standard InChI is InChI=1S/C17H30N4OS/c1-4-12(3)14-15(22)21(5-2)17(19-14)8-10-20(11-9-17)16(23)18-13-6-7-13/h12-14,19H,4-11H2,1-3H3,(H,18,23)/t12-,14-/m0/s1. The number of carbonyl (C=O) groups is 1. The second-order valence-electron chi connectivity index (χ2n) is 7.33. The van der Waals surface area contributed by atoms with Crippen molar-refractivity contribution in [2.45, 2.75) is 70.6 Å². The van der Waals surface area contributed by atoms with E-state index >= 15 is 0 Å². The highest BCUT2D eigenvalue weighted by Crippen LogP contribution is 2.34. The molecule has 2 N–H and O–H groups in total. The molecule has 6 heteroatoms. The Kier molecular flexibility index (Phi) is 4.83. The summed E-state index contributed by atoms with van der Waals surface area (Å²) < 4.78 is 0. The van der Waals surface area contributed by atoms with Gasteiger partial charge in [0.2, 0.25) is 5.91 Å². The predicted octanol–water partition coefficient (Wildman–Crippen LogP) is 1.68. The van der Waals surface area contributed by atoms with Crippen LogP contribution in [-0.2, 0) is 4.79 Å². The summed E-state index contributed by atoms with van der Waals surface area (Å²) in [5, 5.41) is 8.03. The van der Waals surface area contributed by atoms with Crippen LogP contribution in [0.4, 0.5) is 0 Å². The fourth-order valence-electron chi connectivity index (χ4n) is 3.88. The molecule has 1 aliphatic carbocycles. The van der Waals surface area contributed by atoms with Gasteiger partial charge in [0.15, 0.2) is 5.11 Å². The number of amides is 1. The lowest BCUT2D eigenvalue weighted by Gasteiger charge is -2.45. The number of likely N-dealkylation sites (N-methyl/N-ethyl adjacent to an activating group) is 1. The summed E-state index contributed by atoms with van der Waals surface area (Å²) in [7, 11) is 0. The molecule has 0 unspecified atom stereocenters. The number of hydrogen-bond donors (Lipinski definition) is 2. The third-order valence-electron chi connectivity index (χ3n) is 5.78. The number of carbonyl (C=O) groups excluding carboxylic acids is 1. The van der Waals surface area contributed by atoms with Gasteiger partial charge in [-0.1, -0.05) is 20.3 Å². The van der Waals surface area contributed by atoms with Crippen molar-refractivity contribution in [2.24, 2.45) is 5.92 Å². The van der Waals surface area contributed by atoms with Crippen molar-refractivity contribution in [3.8, 4) is 0 Å². The fourth-order valence-corrected chi connectivity index (χ4v) is 4.22. The summed E-state index contributed by atoms with van der Waals surface area (Å²) in [6.07, 6.45) is 5.42. The molecule has 1 spiro atoms. The molecule has 2 atom stereocenters. The Labute approximate surface area is 145 Å². The van der Waals surface area contributed by atoms with Crippen LogP contribution in [0, 0.1) is 5.92 Å². The first kappa shape index (κ1) is 17.0. The van der Waals surface area contributed by atoms with Crippen molar-refractivity contribution >= 4 is 23.2 Å². The molecule has 2 saturated heterocycles. The topological polar surface area (TPSA) is 47.6 Å². The maximum absolute atomic E-state index is 12.8. The van der Waals surface area contributed by atoms with Crippen LogP contribution in [0.1, 0.15) is 52.9 Å². The molecule has 1 amide bonds. The minimum atomic E-state index is -0.161. The minimum Gasteiger partial charge on any atom is -0.360 e.